The maximum absolute atomic E-state index is 10.5. The van der Waals surface area contributed by atoms with Gasteiger partial charge in [-0.15, -0.1) is 0 Å². The van der Waals surface area contributed by atoms with E-state index in [0.29, 0.717) is 0 Å². The zero-order chi connectivity index (χ0) is 9.26. The van der Waals surface area contributed by atoms with Crippen molar-refractivity contribution in [1.29, 1.82) is 0 Å². The first kappa shape index (κ1) is 10.6. The first-order valence-corrected chi connectivity index (χ1v) is 4.16. The summed E-state index contributed by atoms with van der Waals surface area (Å²) in [5, 5.41) is 0. The second-order valence-electron chi connectivity index (χ2n) is 3.04. The van der Waals surface area contributed by atoms with Crippen LogP contribution in [0.4, 0.5) is 0 Å². The molecule has 0 amide bonds. The Bertz CT molecular complexity index is 333. The third-order valence-corrected chi connectivity index (χ3v) is 2.13. The molecule has 1 atom stereocenters. The molecular weight excluding hydrogens is 180 g/mol. The van der Waals surface area contributed by atoms with E-state index < -0.39 is 0 Å². The van der Waals surface area contributed by atoms with E-state index in [0.717, 1.165) is 23.3 Å². The van der Waals surface area contributed by atoms with Crippen molar-refractivity contribution < 1.29 is 14.3 Å². The van der Waals surface area contributed by atoms with Crippen LogP contribution in [0.15, 0.2) is 18.2 Å². The maximum Gasteiger partial charge on any atom is 0.231 e. The van der Waals surface area contributed by atoms with Gasteiger partial charge in [0.05, 0.1) is 0 Å². The SMILES string of the molecule is C.CC(C=O)c1ccc2c(c1)OCO2. The molecule has 0 saturated carbocycles. The highest BCUT2D eigenvalue weighted by atomic mass is 16.7. The molecule has 0 aliphatic carbocycles. The lowest BCUT2D eigenvalue weighted by Gasteiger charge is -2.04. The van der Waals surface area contributed by atoms with Crippen molar-refractivity contribution >= 4 is 6.29 Å². The smallest absolute Gasteiger partial charge is 0.231 e. The minimum absolute atomic E-state index is 0. The van der Waals surface area contributed by atoms with Crippen LogP contribution in [0.1, 0.15) is 25.8 Å². The zero-order valence-corrected chi connectivity index (χ0v) is 7.32. The van der Waals surface area contributed by atoms with Crippen LogP contribution in [0.5, 0.6) is 11.5 Å². The van der Waals surface area contributed by atoms with Gasteiger partial charge in [-0.2, -0.15) is 0 Å². The van der Waals surface area contributed by atoms with Gasteiger partial charge < -0.3 is 14.3 Å². The molecule has 0 bridgehead atoms. The molecule has 3 nitrogen and oxygen atoms in total. The van der Waals surface area contributed by atoms with Gasteiger partial charge in [0.15, 0.2) is 11.5 Å². The lowest BCUT2D eigenvalue weighted by atomic mass is 10.0. The normalized spacial score (nSPS) is 14.4. The summed E-state index contributed by atoms with van der Waals surface area (Å²) in [5.41, 5.74) is 0.958. The van der Waals surface area contributed by atoms with Gasteiger partial charge in [-0.25, -0.2) is 0 Å². The molecule has 2 rings (SSSR count). The van der Waals surface area contributed by atoms with Crippen LogP contribution in [0.25, 0.3) is 0 Å². The summed E-state index contributed by atoms with van der Waals surface area (Å²) in [6.07, 6.45) is 0.914. The number of rotatable bonds is 2. The molecule has 1 unspecified atom stereocenters. The molecule has 0 saturated heterocycles. The minimum Gasteiger partial charge on any atom is -0.454 e. The number of ether oxygens (including phenoxy) is 2. The summed E-state index contributed by atoms with van der Waals surface area (Å²) in [6.45, 7) is 2.12. The molecule has 1 aromatic rings. The lowest BCUT2D eigenvalue weighted by Crippen LogP contribution is -1.94. The van der Waals surface area contributed by atoms with E-state index in [1.54, 1.807) is 0 Å². The molecule has 0 fully saturated rings. The van der Waals surface area contributed by atoms with Gasteiger partial charge in [-0.3, -0.25) is 0 Å². The summed E-state index contributed by atoms with van der Waals surface area (Å²) in [4.78, 5) is 10.5. The average Bonchev–Trinajstić information content (AvgIpc) is 2.63. The van der Waals surface area contributed by atoms with E-state index in [1.807, 2.05) is 25.1 Å². The first-order valence-electron chi connectivity index (χ1n) is 4.16. The van der Waals surface area contributed by atoms with Crippen molar-refractivity contribution in [2.24, 2.45) is 0 Å². The Morgan fingerprint density at radius 2 is 2.07 bits per heavy atom. The Morgan fingerprint density at radius 3 is 2.79 bits per heavy atom. The third kappa shape index (κ3) is 1.71. The summed E-state index contributed by atoms with van der Waals surface area (Å²) < 4.78 is 10.4. The van der Waals surface area contributed by atoms with Gasteiger partial charge in [-0.05, 0) is 17.7 Å². The number of carbonyl (C=O) groups excluding carboxylic acids is 1. The van der Waals surface area contributed by atoms with Crippen LogP contribution in [0.2, 0.25) is 0 Å². The monoisotopic (exact) mass is 194 g/mol. The summed E-state index contributed by atoms with van der Waals surface area (Å²) >= 11 is 0. The largest absolute Gasteiger partial charge is 0.454 e. The van der Waals surface area contributed by atoms with E-state index in [9.17, 15) is 4.79 Å². The van der Waals surface area contributed by atoms with Crippen molar-refractivity contribution in [2.45, 2.75) is 20.3 Å². The van der Waals surface area contributed by atoms with E-state index in [1.165, 1.54) is 0 Å². The fraction of sp³-hybridized carbons (Fsp3) is 0.364. The zero-order valence-electron chi connectivity index (χ0n) is 7.32. The number of benzene rings is 1. The van der Waals surface area contributed by atoms with E-state index in [2.05, 4.69) is 0 Å². The standard InChI is InChI=1S/C10H10O3.CH4/c1-7(5-11)8-2-3-9-10(4-8)13-6-12-9;/h2-5,7H,6H2,1H3;1H4. The van der Waals surface area contributed by atoms with E-state index in [-0.39, 0.29) is 20.1 Å². The molecule has 1 aliphatic heterocycles. The fourth-order valence-electron chi connectivity index (χ4n) is 1.27. The number of hydrogen-bond acceptors (Lipinski definition) is 3. The molecule has 0 radical (unpaired) electrons. The number of hydrogen-bond donors (Lipinski definition) is 0. The Balaban J connectivity index is 0.000000980. The molecular formula is C11H14O3. The van der Waals surface area contributed by atoms with Crippen molar-refractivity contribution in [3.63, 3.8) is 0 Å². The van der Waals surface area contributed by atoms with Gasteiger partial charge in [0.25, 0.3) is 0 Å². The predicted octanol–water partition coefficient (Wildman–Crippen LogP) is 2.35. The summed E-state index contributed by atoms with van der Waals surface area (Å²) in [6, 6.07) is 5.56. The number of carbonyl (C=O) groups is 1. The van der Waals surface area contributed by atoms with Crippen molar-refractivity contribution in [3.8, 4) is 11.5 Å². The van der Waals surface area contributed by atoms with Gasteiger partial charge in [-0.1, -0.05) is 20.4 Å². The van der Waals surface area contributed by atoms with E-state index >= 15 is 0 Å². The maximum atomic E-state index is 10.5. The van der Waals surface area contributed by atoms with Crippen LogP contribution >= 0.6 is 0 Å². The van der Waals surface area contributed by atoms with Crippen LogP contribution in [0.3, 0.4) is 0 Å². The van der Waals surface area contributed by atoms with Crippen LogP contribution in [-0.2, 0) is 4.79 Å². The Hall–Kier alpha value is -1.51. The average molecular weight is 194 g/mol. The third-order valence-electron chi connectivity index (χ3n) is 2.13. The molecule has 0 spiro atoms. The predicted molar refractivity (Wildman–Crippen MR) is 53.8 cm³/mol. The van der Waals surface area contributed by atoms with Gasteiger partial charge in [0.1, 0.15) is 6.29 Å². The van der Waals surface area contributed by atoms with Crippen molar-refractivity contribution in [2.75, 3.05) is 6.79 Å². The first-order chi connectivity index (χ1) is 6.31. The van der Waals surface area contributed by atoms with Gasteiger partial charge >= 0.3 is 0 Å². The second-order valence-corrected chi connectivity index (χ2v) is 3.04. The highest BCUT2D eigenvalue weighted by molar-refractivity contribution is 5.62. The molecule has 14 heavy (non-hydrogen) atoms. The van der Waals surface area contributed by atoms with E-state index in [4.69, 9.17) is 9.47 Å². The van der Waals surface area contributed by atoms with Crippen molar-refractivity contribution in [1.82, 2.24) is 0 Å². The molecule has 76 valence electrons. The molecule has 1 aliphatic rings. The quantitative estimate of drug-likeness (QED) is 0.678. The lowest BCUT2D eigenvalue weighted by molar-refractivity contribution is -0.108. The second kappa shape index (κ2) is 4.13. The number of aldehydes is 1. The molecule has 1 heterocycles. The van der Waals surface area contributed by atoms with Crippen LogP contribution in [-0.4, -0.2) is 13.1 Å². The molecule has 1 aromatic carbocycles. The molecule has 0 aromatic heterocycles. The summed E-state index contributed by atoms with van der Waals surface area (Å²) in [5.74, 6) is 1.39. The summed E-state index contributed by atoms with van der Waals surface area (Å²) in [7, 11) is 0. The highest BCUT2D eigenvalue weighted by Crippen LogP contribution is 2.34. The van der Waals surface area contributed by atoms with Crippen LogP contribution < -0.4 is 9.47 Å². The fourth-order valence-corrected chi connectivity index (χ4v) is 1.27. The topological polar surface area (TPSA) is 35.5 Å². The number of fused-ring (bicyclic) bond motifs is 1. The van der Waals surface area contributed by atoms with Crippen LogP contribution in [0, 0.1) is 0 Å². The Morgan fingerprint density at radius 1 is 1.36 bits per heavy atom. The Kier molecular flexibility index (Phi) is 3.12. The molecule has 0 N–H and O–H groups in total. The molecule has 3 heteroatoms. The van der Waals surface area contributed by atoms with Gasteiger partial charge in [0, 0.05) is 5.92 Å². The van der Waals surface area contributed by atoms with Crippen molar-refractivity contribution in [3.05, 3.63) is 23.8 Å². The Labute approximate surface area is 83.6 Å². The van der Waals surface area contributed by atoms with Gasteiger partial charge in [0.2, 0.25) is 6.79 Å². The highest BCUT2D eigenvalue weighted by Gasteiger charge is 2.14. The minimum atomic E-state index is -0.0884.